The maximum absolute atomic E-state index is 13.7. The number of piperazine rings is 1. The molecule has 3 aromatic rings. The number of halogens is 4. The first kappa shape index (κ1) is 44.6. The molecule has 0 aromatic heterocycles. The average Bonchev–Trinajstić information content (AvgIpc) is 3.34. The van der Waals surface area contributed by atoms with Crippen LogP contribution in [0.1, 0.15) is 55.9 Å². The number of benzene rings is 3. The van der Waals surface area contributed by atoms with Crippen molar-refractivity contribution in [2.45, 2.75) is 64.2 Å². The highest BCUT2D eigenvalue weighted by Crippen LogP contribution is 2.41. The molecule has 3 saturated heterocycles. The fraction of sp³-hybridized carbons (Fsp3) is 0.415. The number of Topliss-reactive ketones (excluding diaryl/α,β-unsaturated/α-hetero) is 1. The number of piperidine rings is 1. The highest BCUT2D eigenvalue weighted by atomic mass is 35.5. The second-order valence-electron chi connectivity index (χ2n) is 15.0. The highest BCUT2D eigenvalue weighted by molar-refractivity contribution is 7.81. The molecule has 0 bridgehead atoms. The summed E-state index contributed by atoms with van der Waals surface area (Å²) in [5.74, 6) is -0.761. The molecule has 58 heavy (non-hydrogen) atoms. The Morgan fingerprint density at radius 1 is 1.03 bits per heavy atom. The first-order valence-corrected chi connectivity index (χ1v) is 19.4. The Bertz CT molecular complexity index is 2140. The lowest BCUT2D eigenvalue weighted by Crippen LogP contribution is -2.52. The quantitative estimate of drug-likeness (QED) is 0.170. The zero-order chi connectivity index (χ0) is 41.2. The summed E-state index contributed by atoms with van der Waals surface area (Å²) >= 11 is 12.3. The molecule has 3 aliphatic heterocycles. The van der Waals surface area contributed by atoms with Crippen molar-refractivity contribution in [1.82, 2.24) is 15.1 Å². The van der Waals surface area contributed by atoms with Crippen molar-refractivity contribution in [3.8, 4) is 11.8 Å². The molecule has 11 nitrogen and oxygen atoms in total. The van der Waals surface area contributed by atoms with E-state index in [0.29, 0.717) is 56.9 Å². The lowest BCUT2D eigenvalue weighted by molar-refractivity contribution is -0.138. The number of thiocarbonyl (C=S) groups is 1. The summed E-state index contributed by atoms with van der Waals surface area (Å²) in [6.45, 7) is 9.00. The molecule has 0 radical (unpaired) electrons. The molecule has 3 fully saturated rings. The lowest BCUT2D eigenvalue weighted by atomic mass is 9.90. The lowest BCUT2D eigenvalue weighted by Gasteiger charge is -2.37. The minimum absolute atomic E-state index is 0. The van der Waals surface area contributed by atoms with Crippen LogP contribution in [0.15, 0.2) is 60.7 Å². The van der Waals surface area contributed by atoms with E-state index in [1.54, 1.807) is 38.1 Å². The van der Waals surface area contributed by atoms with Crippen LogP contribution in [-0.2, 0) is 38.2 Å². The van der Waals surface area contributed by atoms with Crippen LogP contribution in [0.2, 0.25) is 5.02 Å². The summed E-state index contributed by atoms with van der Waals surface area (Å²) in [6.07, 6.45) is -3.14. The molecule has 3 amide bonds. The number of ketones is 1. The molecular weight excluding hydrogens is 813 g/mol. The van der Waals surface area contributed by atoms with Gasteiger partial charge in [0.2, 0.25) is 11.8 Å². The standard InChI is InChI=1S/C41H42ClF3N6O5S.H2S/c1-25(34(52)21-27-6-4-5-26(19-27)20-28-8-12-36(53)47-37(28)54)49-15-13-48(14-16-49)17-18-56-35-11-10-31(23-33(35)42)51-39(57)50(38(55)40(51,2)3)30-9-7-29(24-46)32(22-30)41(43,44)45;/h4-7,9-11,19,22-23,25,28H,8,12-18,20-21H2,1-3H3,(H,47,53,54);1H2/t25-,28?;/m0./s1. The smallest absolute Gasteiger partial charge is 0.417 e. The fourth-order valence-electron chi connectivity index (χ4n) is 7.50. The maximum Gasteiger partial charge on any atom is 0.417 e. The zero-order valence-corrected chi connectivity index (χ0v) is 34.8. The normalized spacial score (nSPS) is 19.4. The third-order valence-corrected chi connectivity index (χ3v) is 11.5. The van der Waals surface area contributed by atoms with Crippen molar-refractivity contribution >= 4 is 77.3 Å². The van der Waals surface area contributed by atoms with E-state index < -0.39 is 28.7 Å². The minimum atomic E-state index is -4.81. The molecule has 3 heterocycles. The summed E-state index contributed by atoms with van der Waals surface area (Å²) in [5, 5.41) is 11.8. The number of rotatable bonds is 12. The molecule has 1 unspecified atom stereocenters. The molecule has 17 heteroatoms. The van der Waals surface area contributed by atoms with E-state index in [2.05, 4.69) is 15.1 Å². The summed E-state index contributed by atoms with van der Waals surface area (Å²) in [4.78, 5) is 57.6. The number of nitrogens with zero attached hydrogens (tertiary/aromatic N) is 5. The third-order valence-electron chi connectivity index (χ3n) is 10.8. The topological polar surface area (TPSA) is 126 Å². The molecule has 308 valence electrons. The molecule has 2 atom stereocenters. The first-order valence-electron chi connectivity index (χ1n) is 18.6. The first-order chi connectivity index (χ1) is 27.0. The number of imide groups is 1. The van der Waals surface area contributed by atoms with Gasteiger partial charge in [-0.2, -0.15) is 31.9 Å². The van der Waals surface area contributed by atoms with Gasteiger partial charge in [0, 0.05) is 57.2 Å². The molecular formula is C41H44ClF3N6O5S2. The van der Waals surface area contributed by atoms with Crippen LogP contribution in [0.3, 0.4) is 0 Å². The number of hydrogen-bond donors (Lipinski definition) is 1. The number of nitriles is 1. The van der Waals surface area contributed by atoms with Crippen LogP contribution in [0.25, 0.3) is 0 Å². The van der Waals surface area contributed by atoms with Crippen LogP contribution in [0.5, 0.6) is 5.75 Å². The number of alkyl halides is 3. The van der Waals surface area contributed by atoms with Crippen LogP contribution in [0.4, 0.5) is 24.5 Å². The largest absolute Gasteiger partial charge is 0.491 e. The average molecular weight is 857 g/mol. The van der Waals surface area contributed by atoms with Crippen molar-refractivity contribution in [2.75, 3.05) is 49.1 Å². The molecule has 3 aliphatic rings. The summed E-state index contributed by atoms with van der Waals surface area (Å²) in [6, 6.07) is 17.0. The Kier molecular flexibility index (Phi) is 14.0. The minimum Gasteiger partial charge on any atom is -0.491 e. The van der Waals surface area contributed by atoms with Gasteiger partial charge in [0.25, 0.3) is 5.91 Å². The molecule has 0 spiro atoms. The van der Waals surface area contributed by atoms with Gasteiger partial charge in [-0.1, -0.05) is 35.9 Å². The van der Waals surface area contributed by atoms with E-state index in [1.807, 2.05) is 31.2 Å². The number of carbonyl (C=O) groups is 4. The van der Waals surface area contributed by atoms with Crippen molar-refractivity contribution in [3.63, 3.8) is 0 Å². The second-order valence-corrected chi connectivity index (χ2v) is 15.8. The van der Waals surface area contributed by atoms with E-state index in [0.717, 1.165) is 41.2 Å². The van der Waals surface area contributed by atoms with Crippen molar-refractivity contribution < 1.29 is 37.1 Å². The number of nitrogens with one attached hydrogen (secondary N) is 1. The van der Waals surface area contributed by atoms with Gasteiger partial charge >= 0.3 is 6.18 Å². The molecule has 6 rings (SSSR count). The van der Waals surface area contributed by atoms with E-state index >= 15 is 0 Å². The predicted octanol–water partition coefficient (Wildman–Crippen LogP) is 6.05. The number of carbonyl (C=O) groups excluding carboxylic acids is 4. The van der Waals surface area contributed by atoms with Crippen LogP contribution in [0, 0.1) is 17.2 Å². The van der Waals surface area contributed by atoms with Gasteiger partial charge in [0.15, 0.2) is 10.9 Å². The van der Waals surface area contributed by atoms with Crippen molar-refractivity contribution in [1.29, 1.82) is 5.26 Å². The van der Waals surface area contributed by atoms with Crippen molar-refractivity contribution in [2.24, 2.45) is 5.92 Å². The van der Waals surface area contributed by atoms with Crippen LogP contribution >= 0.6 is 37.3 Å². The number of amides is 3. The Labute approximate surface area is 352 Å². The molecule has 3 aromatic carbocycles. The Balaban J connectivity index is 0.00000641. The van der Waals surface area contributed by atoms with Gasteiger partial charge < -0.3 is 9.64 Å². The van der Waals surface area contributed by atoms with Gasteiger partial charge in [-0.25, -0.2) is 0 Å². The number of anilines is 2. The maximum atomic E-state index is 13.7. The second kappa shape index (κ2) is 18.2. The summed E-state index contributed by atoms with van der Waals surface area (Å²) in [5.41, 5.74) is -0.796. The Morgan fingerprint density at radius 3 is 2.38 bits per heavy atom. The van der Waals surface area contributed by atoms with Crippen LogP contribution < -0.4 is 19.9 Å². The molecule has 0 aliphatic carbocycles. The molecule has 1 N–H and O–H groups in total. The fourth-order valence-corrected chi connectivity index (χ4v) is 8.25. The summed E-state index contributed by atoms with van der Waals surface area (Å²) < 4.78 is 47.2. The van der Waals surface area contributed by atoms with E-state index in [4.69, 9.17) is 28.6 Å². The SMILES string of the molecule is C[C@@H](C(=O)Cc1cccc(CC2CCC(=O)NC2=O)c1)N1CCN(CCOc2ccc(N3C(=S)N(c4ccc(C#N)c(C(F)(F)F)c4)C(=O)C3(C)C)cc2Cl)CC1.S. The van der Waals surface area contributed by atoms with E-state index in [9.17, 15) is 37.6 Å². The van der Waals surface area contributed by atoms with Gasteiger partial charge in [0.05, 0.1) is 33.9 Å². The Hall–Kier alpha value is -4.53. The highest BCUT2D eigenvalue weighted by Gasteiger charge is 2.51. The van der Waals surface area contributed by atoms with Crippen LogP contribution in [-0.4, -0.2) is 89.3 Å². The van der Waals surface area contributed by atoms with Gasteiger partial charge in [-0.15, -0.1) is 0 Å². The third kappa shape index (κ3) is 9.66. The van der Waals surface area contributed by atoms with E-state index in [1.165, 1.54) is 11.0 Å². The number of hydrogen-bond acceptors (Lipinski definition) is 9. The van der Waals surface area contributed by atoms with E-state index in [-0.39, 0.29) is 65.3 Å². The zero-order valence-electron chi connectivity index (χ0n) is 32.2. The van der Waals surface area contributed by atoms with Gasteiger partial charge in [-0.05, 0) is 93.4 Å². The molecule has 0 saturated carbocycles. The monoisotopic (exact) mass is 856 g/mol. The summed E-state index contributed by atoms with van der Waals surface area (Å²) in [7, 11) is 0. The van der Waals surface area contributed by atoms with Crippen molar-refractivity contribution in [3.05, 3.63) is 87.9 Å². The Morgan fingerprint density at radius 2 is 1.72 bits per heavy atom. The van der Waals surface area contributed by atoms with Gasteiger partial charge in [-0.3, -0.25) is 39.2 Å². The predicted molar refractivity (Wildman–Crippen MR) is 222 cm³/mol. The van der Waals surface area contributed by atoms with Gasteiger partial charge in [0.1, 0.15) is 17.9 Å². The number of ether oxygens (including phenoxy) is 1.